The van der Waals surface area contributed by atoms with E-state index in [2.05, 4.69) is 91.1 Å². The van der Waals surface area contributed by atoms with Crippen molar-refractivity contribution in [2.75, 3.05) is 11.1 Å². The minimum Gasteiger partial charge on any atom is -0.346 e. The summed E-state index contributed by atoms with van der Waals surface area (Å²) in [7, 11) is -2.45. The number of benzene rings is 4. The normalized spacial score (nSPS) is 11.9. The Hall–Kier alpha value is -3.31. The molecule has 0 aliphatic carbocycles. The summed E-state index contributed by atoms with van der Waals surface area (Å²) in [4.78, 5) is 0. The van der Waals surface area contributed by atoms with Crippen LogP contribution in [0.3, 0.4) is 0 Å². The van der Waals surface area contributed by atoms with Crippen LogP contribution in [0.25, 0.3) is 0 Å². The summed E-state index contributed by atoms with van der Waals surface area (Å²) >= 11 is 1.69. The lowest BCUT2D eigenvalue weighted by Crippen LogP contribution is -2.33. The van der Waals surface area contributed by atoms with E-state index in [4.69, 9.17) is 0 Å². The molecule has 0 spiro atoms. The summed E-state index contributed by atoms with van der Waals surface area (Å²) in [5, 5.41) is 19.6. The predicted octanol–water partition coefficient (Wildman–Crippen LogP) is 6.54. The van der Waals surface area contributed by atoms with E-state index in [1.54, 1.807) is 11.8 Å². The predicted molar refractivity (Wildman–Crippen MR) is 146 cm³/mol. The second-order valence-corrected chi connectivity index (χ2v) is 12.0. The van der Waals surface area contributed by atoms with Crippen LogP contribution in [0, 0.1) is 11.3 Å². The van der Waals surface area contributed by atoms with Crippen LogP contribution in [-0.2, 0) is 0 Å². The largest absolute Gasteiger partial charge is 0.346 e. The zero-order valence-corrected chi connectivity index (χ0v) is 20.3. The molecule has 4 heteroatoms. The fourth-order valence-corrected chi connectivity index (χ4v) is 9.33. The molecule has 0 unspecified atom stereocenters. The Balaban J connectivity index is 2.10. The van der Waals surface area contributed by atoms with Crippen molar-refractivity contribution in [2.24, 2.45) is 0 Å². The minimum atomic E-state index is -2.45. The zero-order chi connectivity index (χ0) is 22.9. The molecule has 2 nitrogen and oxygen atoms in total. The van der Waals surface area contributed by atoms with Gasteiger partial charge < -0.3 is 5.32 Å². The lowest BCUT2D eigenvalue weighted by Gasteiger charge is -2.28. The molecule has 0 aliphatic rings. The fraction of sp³-hybridized carbons (Fsp3) is 0.0690. The number of nitrogens with zero attached hydrogens (tertiary/aromatic N) is 1. The van der Waals surface area contributed by atoms with Crippen molar-refractivity contribution in [3.63, 3.8) is 0 Å². The highest BCUT2D eigenvalue weighted by atomic mass is 32.2. The van der Waals surface area contributed by atoms with Gasteiger partial charge in [-0.25, -0.2) is 0 Å². The van der Waals surface area contributed by atoms with Crippen LogP contribution in [0.15, 0.2) is 132 Å². The number of nitriles is 1. The summed E-state index contributed by atoms with van der Waals surface area (Å²) in [5.74, 6) is 0.860. The van der Waals surface area contributed by atoms with Crippen LogP contribution in [0.2, 0.25) is 0 Å². The van der Waals surface area contributed by atoms with Gasteiger partial charge >= 0.3 is 0 Å². The highest BCUT2D eigenvalue weighted by Crippen LogP contribution is 2.63. The Morgan fingerprint density at radius 2 is 1.09 bits per heavy atom. The number of nitrogens with one attached hydrogen (secondary N) is 1. The van der Waals surface area contributed by atoms with E-state index in [0.717, 1.165) is 21.8 Å². The van der Waals surface area contributed by atoms with Crippen molar-refractivity contribution >= 4 is 40.6 Å². The van der Waals surface area contributed by atoms with E-state index in [-0.39, 0.29) is 0 Å². The molecule has 1 N–H and O–H groups in total. The van der Waals surface area contributed by atoms with Crippen molar-refractivity contribution in [1.29, 1.82) is 5.26 Å². The van der Waals surface area contributed by atoms with E-state index >= 15 is 0 Å². The molecule has 4 aromatic carbocycles. The number of thioether (sulfide) groups is 1. The maximum atomic E-state index is 10.8. The third-order valence-electron chi connectivity index (χ3n) is 5.41. The molecular weight excluding hydrogens is 439 g/mol. The molecule has 0 atom stereocenters. The molecule has 0 aromatic heterocycles. The summed E-state index contributed by atoms with van der Waals surface area (Å²) in [6.07, 6.45) is 0. The standard InChI is InChI=1S/C29H26N2PS/c1-2-33-29(31-24-15-7-3-8-16-24)28(23-30)32(25-17-9-4-10-18-25,26-19-11-5-12-20-26)27-21-13-6-14-22-27/h3-22,31H,2H2,1H3/q+1/b29-28+. The quantitative estimate of drug-likeness (QED) is 0.237. The molecule has 0 fully saturated rings. The minimum absolute atomic E-state index is 0.793. The molecule has 0 saturated heterocycles. The van der Waals surface area contributed by atoms with Gasteiger partial charge in [-0.15, -0.1) is 11.8 Å². The maximum Gasteiger partial charge on any atom is 0.215 e. The Labute approximate surface area is 201 Å². The first-order valence-electron chi connectivity index (χ1n) is 11.0. The van der Waals surface area contributed by atoms with Crippen molar-refractivity contribution in [1.82, 2.24) is 0 Å². The number of allylic oxidation sites excluding steroid dienone is 1. The highest BCUT2D eigenvalue weighted by Gasteiger charge is 2.51. The van der Waals surface area contributed by atoms with Gasteiger partial charge in [-0.3, -0.25) is 0 Å². The van der Waals surface area contributed by atoms with Gasteiger partial charge in [0.2, 0.25) is 5.31 Å². The molecule has 0 amide bonds. The van der Waals surface area contributed by atoms with Crippen molar-refractivity contribution in [3.8, 4) is 6.07 Å². The first-order valence-corrected chi connectivity index (χ1v) is 13.7. The number of hydrogen-bond acceptors (Lipinski definition) is 3. The summed E-state index contributed by atoms with van der Waals surface area (Å²) in [6, 6.07) is 44.3. The van der Waals surface area contributed by atoms with Crippen molar-refractivity contribution in [3.05, 3.63) is 132 Å². The number of hydrogen-bond donors (Lipinski definition) is 1. The molecule has 162 valence electrons. The smallest absolute Gasteiger partial charge is 0.215 e. The molecule has 0 bridgehead atoms. The van der Waals surface area contributed by atoms with Gasteiger partial charge in [0.1, 0.15) is 27.0 Å². The van der Waals surface area contributed by atoms with Crippen molar-refractivity contribution in [2.45, 2.75) is 6.92 Å². The molecule has 0 radical (unpaired) electrons. The van der Waals surface area contributed by atoms with Crippen LogP contribution in [0.1, 0.15) is 6.92 Å². The van der Waals surface area contributed by atoms with Crippen LogP contribution >= 0.6 is 19.0 Å². The molecule has 0 aliphatic heterocycles. The van der Waals surface area contributed by atoms with E-state index in [1.165, 1.54) is 15.9 Å². The van der Waals surface area contributed by atoms with Crippen LogP contribution in [0.4, 0.5) is 5.69 Å². The van der Waals surface area contributed by atoms with Gasteiger partial charge in [-0.1, -0.05) is 79.7 Å². The van der Waals surface area contributed by atoms with E-state index in [1.807, 2.05) is 48.5 Å². The summed E-state index contributed by atoms with van der Waals surface area (Å²) in [6.45, 7) is 2.13. The Kier molecular flexibility index (Phi) is 7.63. The van der Waals surface area contributed by atoms with Gasteiger partial charge in [-0.2, -0.15) is 5.26 Å². The number of anilines is 1. The first-order chi connectivity index (χ1) is 16.3. The molecule has 0 heterocycles. The molecule has 4 rings (SSSR count). The van der Waals surface area contributed by atoms with Gasteiger partial charge in [0.15, 0.2) is 7.26 Å². The number of rotatable bonds is 8. The number of para-hydroxylation sites is 1. The Morgan fingerprint density at radius 3 is 1.45 bits per heavy atom. The SMILES string of the molecule is CCS/C(Nc1ccccc1)=C(\C#N)[P+](c1ccccc1)(c1ccccc1)c1ccccc1. The lowest BCUT2D eigenvalue weighted by molar-refractivity contribution is 1.47. The second kappa shape index (κ2) is 11.0. The molecular formula is C29H26N2PS+. The lowest BCUT2D eigenvalue weighted by atomic mass is 10.3. The molecule has 4 aromatic rings. The van der Waals surface area contributed by atoms with Crippen LogP contribution in [0.5, 0.6) is 0 Å². The third-order valence-corrected chi connectivity index (χ3v) is 10.7. The van der Waals surface area contributed by atoms with Crippen LogP contribution < -0.4 is 21.2 Å². The fourth-order valence-electron chi connectivity index (χ4n) is 4.03. The maximum absolute atomic E-state index is 10.8. The van der Waals surface area contributed by atoms with Gasteiger partial charge in [0, 0.05) is 5.69 Å². The highest BCUT2D eigenvalue weighted by molar-refractivity contribution is 8.05. The third kappa shape index (κ3) is 4.74. The first kappa shape index (κ1) is 22.9. The average molecular weight is 466 g/mol. The van der Waals surface area contributed by atoms with Crippen LogP contribution in [-0.4, -0.2) is 5.75 Å². The van der Waals surface area contributed by atoms with Gasteiger partial charge in [0.05, 0.1) is 0 Å². The topological polar surface area (TPSA) is 35.8 Å². The van der Waals surface area contributed by atoms with Gasteiger partial charge in [-0.05, 0) is 54.3 Å². The van der Waals surface area contributed by atoms with Gasteiger partial charge in [0.25, 0.3) is 0 Å². The second-order valence-electron chi connectivity index (χ2n) is 7.39. The van der Waals surface area contributed by atoms with E-state index in [0.29, 0.717) is 0 Å². The molecule has 33 heavy (non-hydrogen) atoms. The summed E-state index contributed by atoms with van der Waals surface area (Å²) < 4.78 is 0. The Bertz CT molecular complexity index is 1140. The Morgan fingerprint density at radius 1 is 0.697 bits per heavy atom. The average Bonchev–Trinajstić information content (AvgIpc) is 2.89. The monoisotopic (exact) mass is 465 g/mol. The molecule has 0 saturated carbocycles. The summed E-state index contributed by atoms with van der Waals surface area (Å²) in [5.41, 5.74) is 0.980. The van der Waals surface area contributed by atoms with E-state index < -0.39 is 7.26 Å². The van der Waals surface area contributed by atoms with Crippen molar-refractivity contribution < 1.29 is 0 Å². The van der Waals surface area contributed by atoms with E-state index in [9.17, 15) is 5.26 Å². The zero-order valence-electron chi connectivity index (χ0n) is 18.6.